The van der Waals surface area contributed by atoms with Crippen molar-refractivity contribution in [2.45, 2.75) is 65.0 Å². The molecule has 0 bridgehead atoms. The van der Waals surface area contributed by atoms with E-state index in [4.69, 9.17) is 15.0 Å². The van der Waals surface area contributed by atoms with Gasteiger partial charge in [-0.1, -0.05) is 11.6 Å². The summed E-state index contributed by atoms with van der Waals surface area (Å²) in [6.45, 7) is 8.60. The molecule has 1 atom stereocenters. The van der Waals surface area contributed by atoms with Crippen LogP contribution in [0.5, 0.6) is 5.75 Å². The first-order chi connectivity index (χ1) is 18.3. The Labute approximate surface area is 223 Å². The monoisotopic (exact) mass is 526 g/mol. The lowest BCUT2D eigenvalue weighted by Crippen LogP contribution is -2.31. The van der Waals surface area contributed by atoms with Crippen LogP contribution in [-0.2, 0) is 0 Å². The first-order valence-electron chi connectivity index (χ1n) is 13.3. The average Bonchev–Trinajstić information content (AvgIpc) is 3.71. The Kier molecular flexibility index (Phi) is 9.30. The Hall–Kier alpha value is -3.08. The number of nitrogen functional groups attached to an aromatic ring is 1. The van der Waals surface area contributed by atoms with Crippen LogP contribution in [0.2, 0.25) is 0 Å². The van der Waals surface area contributed by atoms with E-state index in [1.54, 1.807) is 27.8 Å². The third-order valence-electron chi connectivity index (χ3n) is 6.97. The summed E-state index contributed by atoms with van der Waals surface area (Å²) in [5.41, 5.74) is 8.80. The van der Waals surface area contributed by atoms with Crippen molar-refractivity contribution < 1.29 is 18.8 Å². The lowest BCUT2D eigenvalue weighted by Gasteiger charge is -2.25. The number of hydrogen-bond acceptors (Lipinski definition) is 9. The van der Waals surface area contributed by atoms with Gasteiger partial charge in [0.1, 0.15) is 35.9 Å². The number of hydrogen-bond donors (Lipinski definition) is 3. The van der Waals surface area contributed by atoms with Crippen LogP contribution >= 0.6 is 0 Å². The molecule has 2 aromatic heterocycles. The molecule has 1 aromatic carbocycles. The van der Waals surface area contributed by atoms with Crippen molar-refractivity contribution >= 4 is 5.82 Å². The highest BCUT2D eigenvalue weighted by Crippen LogP contribution is 2.33. The summed E-state index contributed by atoms with van der Waals surface area (Å²) in [6, 6.07) is 5.26. The van der Waals surface area contributed by atoms with Gasteiger partial charge in [-0.15, -0.1) is 0 Å². The van der Waals surface area contributed by atoms with Crippen molar-refractivity contribution in [2.75, 3.05) is 39.0 Å². The lowest BCUT2D eigenvalue weighted by molar-refractivity contribution is 0.108. The summed E-state index contributed by atoms with van der Waals surface area (Å²) in [5, 5.41) is 16.6. The molecule has 9 nitrogen and oxygen atoms in total. The molecule has 1 aliphatic carbocycles. The number of likely N-dealkylation sites (N-methyl/N-ethyl adjacent to an activating group) is 1. The molecule has 206 valence electrons. The Morgan fingerprint density at radius 1 is 1.18 bits per heavy atom. The average molecular weight is 527 g/mol. The molecule has 38 heavy (non-hydrogen) atoms. The maximum Gasteiger partial charge on any atom is 0.165 e. The number of piperidine rings is 1. The Bertz CT molecular complexity index is 1200. The highest BCUT2D eigenvalue weighted by atomic mass is 19.1. The predicted molar refractivity (Wildman–Crippen MR) is 145 cm³/mol. The van der Waals surface area contributed by atoms with Crippen molar-refractivity contribution in [3.05, 3.63) is 41.0 Å². The molecule has 3 aromatic rings. The van der Waals surface area contributed by atoms with Crippen molar-refractivity contribution in [3.8, 4) is 28.4 Å². The molecule has 0 spiro atoms. The Morgan fingerprint density at radius 3 is 2.55 bits per heavy atom. The zero-order valence-electron chi connectivity index (χ0n) is 22.8. The SMILES string of the molecule is C1CCN(C2CC2)CC1.CNCC(O)COc1ccc(F)c(-c2nc(N)c(C)c(-c3c(C)noc3C)n2)c1. The van der Waals surface area contributed by atoms with Gasteiger partial charge in [0.2, 0.25) is 0 Å². The van der Waals surface area contributed by atoms with Gasteiger partial charge in [-0.3, -0.25) is 0 Å². The van der Waals surface area contributed by atoms with Crippen LogP contribution in [-0.4, -0.2) is 70.6 Å². The zero-order valence-corrected chi connectivity index (χ0v) is 22.8. The number of rotatable bonds is 8. The maximum absolute atomic E-state index is 14.6. The number of benzene rings is 1. The van der Waals surface area contributed by atoms with Gasteiger partial charge < -0.3 is 30.3 Å². The number of nitrogens with zero attached hydrogens (tertiary/aromatic N) is 4. The summed E-state index contributed by atoms with van der Waals surface area (Å²) >= 11 is 0. The number of ether oxygens (including phenoxy) is 1. The van der Waals surface area contributed by atoms with E-state index in [1.165, 1.54) is 63.4 Å². The van der Waals surface area contributed by atoms with Gasteiger partial charge in [-0.25, -0.2) is 14.4 Å². The van der Waals surface area contributed by atoms with Gasteiger partial charge in [-0.2, -0.15) is 0 Å². The van der Waals surface area contributed by atoms with Crippen LogP contribution in [0.3, 0.4) is 0 Å². The van der Waals surface area contributed by atoms with Crippen molar-refractivity contribution in [3.63, 3.8) is 0 Å². The summed E-state index contributed by atoms with van der Waals surface area (Å²) in [7, 11) is 1.73. The van der Waals surface area contributed by atoms with E-state index >= 15 is 0 Å². The molecule has 0 radical (unpaired) electrons. The number of halogens is 1. The first kappa shape index (κ1) is 27.9. The molecule has 1 aliphatic heterocycles. The molecular formula is C28H39FN6O3. The quantitative estimate of drug-likeness (QED) is 0.399. The van der Waals surface area contributed by atoms with E-state index in [2.05, 4.69) is 25.3 Å². The highest BCUT2D eigenvalue weighted by molar-refractivity contribution is 5.74. The summed E-state index contributed by atoms with van der Waals surface area (Å²) in [4.78, 5) is 11.5. The van der Waals surface area contributed by atoms with E-state index in [0.717, 1.165) is 6.04 Å². The van der Waals surface area contributed by atoms with Crippen LogP contribution in [0.25, 0.3) is 22.6 Å². The van der Waals surface area contributed by atoms with Crippen molar-refractivity contribution in [2.24, 2.45) is 0 Å². The first-order valence-corrected chi connectivity index (χ1v) is 13.3. The molecule has 5 rings (SSSR count). The van der Waals surface area contributed by atoms with Crippen molar-refractivity contribution in [1.82, 2.24) is 25.3 Å². The summed E-state index contributed by atoms with van der Waals surface area (Å²) < 4.78 is 25.4. The van der Waals surface area contributed by atoms with E-state index in [0.29, 0.717) is 40.6 Å². The normalized spacial score (nSPS) is 16.6. The molecule has 1 unspecified atom stereocenters. The van der Waals surface area contributed by atoms with E-state index < -0.39 is 11.9 Å². The number of nitrogens with two attached hydrogens (primary N) is 1. The predicted octanol–water partition coefficient (Wildman–Crippen LogP) is 4.04. The van der Waals surface area contributed by atoms with Crippen molar-refractivity contribution in [1.29, 1.82) is 0 Å². The minimum Gasteiger partial charge on any atom is -0.491 e. The van der Waals surface area contributed by atoms with Crippen LogP contribution in [0.4, 0.5) is 10.2 Å². The molecular weight excluding hydrogens is 487 g/mol. The molecule has 3 heterocycles. The fourth-order valence-electron chi connectivity index (χ4n) is 4.69. The molecule has 10 heteroatoms. The van der Waals surface area contributed by atoms with E-state index in [-0.39, 0.29) is 23.8 Å². The molecule has 1 saturated carbocycles. The summed E-state index contributed by atoms with van der Waals surface area (Å²) in [6.07, 6.45) is 6.67. The van der Waals surface area contributed by atoms with E-state index in [1.807, 2.05) is 0 Å². The Balaban J connectivity index is 0.000000311. The van der Waals surface area contributed by atoms with Gasteiger partial charge in [0, 0.05) is 18.2 Å². The zero-order chi connectivity index (χ0) is 27.2. The molecule has 2 fully saturated rings. The smallest absolute Gasteiger partial charge is 0.165 e. The highest BCUT2D eigenvalue weighted by Gasteiger charge is 2.29. The van der Waals surface area contributed by atoms with Crippen LogP contribution in [0.15, 0.2) is 22.7 Å². The number of aromatic nitrogens is 3. The minimum atomic E-state index is -0.689. The molecule has 0 amide bonds. The number of likely N-dealkylation sites (tertiary alicyclic amines) is 1. The van der Waals surface area contributed by atoms with Gasteiger partial charge >= 0.3 is 0 Å². The second-order valence-electron chi connectivity index (χ2n) is 10.1. The topological polar surface area (TPSA) is 123 Å². The van der Waals surface area contributed by atoms with Gasteiger partial charge in [0.05, 0.1) is 22.5 Å². The largest absolute Gasteiger partial charge is 0.491 e. The minimum absolute atomic E-state index is 0.0626. The van der Waals surface area contributed by atoms with Gasteiger partial charge in [-0.05, 0) is 84.8 Å². The van der Waals surface area contributed by atoms with Gasteiger partial charge in [0.15, 0.2) is 5.82 Å². The molecule has 1 saturated heterocycles. The second-order valence-corrected chi connectivity index (χ2v) is 10.1. The number of anilines is 1. The Morgan fingerprint density at radius 2 is 1.92 bits per heavy atom. The second kappa shape index (κ2) is 12.6. The fraction of sp³-hybridized carbons (Fsp3) is 0.536. The fourth-order valence-corrected chi connectivity index (χ4v) is 4.69. The van der Waals surface area contributed by atoms with Crippen LogP contribution in [0, 0.1) is 26.6 Å². The van der Waals surface area contributed by atoms with Crippen LogP contribution in [0.1, 0.15) is 49.1 Å². The van der Waals surface area contributed by atoms with Gasteiger partial charge in [0.25, 0.3) is 0 Å². The lowest BCUT2D eigenvalue weighted by atomic mass is 10.0. The number of aliphatic hydroxyl groups is 1. The maximum atomic E-state index is 14.6. The number of aryl methyl sites for hydroxylation is 2. The third kappa shape index (κ3) is 6.86. The standard InChI is InChI=1S/C20H24FN5O3.C8H15N/c1-10-18(17-11(2)26-29-12(17)3)24-20(25-19(10)22)15-7-14(5-6-16(15)21)28-9-13(27)8-23-4;1-2-6-9(7-3-1)8-4-5-8/h5-7,13,23,27H,8-9H2,1-4H3,(H2,22,24,25);8H,1-7H2. The number of nitrogens with one attached hydrogen (secondary N) is 1. The molecule has 4 N–H and O–H groups in total. The van der Waals surface area contributed by atoms with E-state index in [9.17, 15) is 9.50 Å². The van der Waals surface area contributed by atoms with Crippen LogP contribution < -0.4 is 15.8 Å². The number of aliphatic hydroxyl groups excluding tert-OH is 1. The summed E-state index contributed by atoms with van der Waals surface area (Å²) in [5.74, 6) is 0.826. The third-order valence-corrected chi connectivity index (χ3v) is 6.97. The molecule has 2 aliphatic rings.